The summed E-state index contributed by atoms with van der Waals surface area (Å²) in [5.74, 6) is -0.182. The van der Waals surface area contributed by atoms with Gasteiger partial charge in [-0.25, -0.2) is 4.39 Å². The summed E-state index contributed by atoms with van der Waals surface area (Å²) >= 11 is 0. The number of hydrogen-bond acceptors (Lipinski definition) is 1. The van der Waals surface area contributed by atoms with E-state index in [-0.39, 0.29) is 11.2 Å². The fourth-order valence-corrected chi connectivity index (χ4v) is 2.88. The van der Waals surface area contributed by atoms with Gasteiger partial charge in [0.1, 0.15) is 5.82 Å². The quantitative estimate of drug-likeness (QED) is 0.609. The topological polar surface area (TPSA) is 12.4 Å². The molecule has 0 aromatic heterocycles. The molecule has 1 spiro atoms. The summed E-state index contributed by atoms with van der Waals surface area (Å²) in [6, 6.07) is 5.03. The Labute approximate surface area is 89.0 Å². The van der Waals surface area contributed by atoms with Crippen LogP contribution in [-0.2, 0) is 5.41 Å². The van der Waals surface area contributed by atoms with Crippen molar-refractivity contribution in [3.05, 3.63) is 29.6 Å². The van der Waals surface area contributed by atoms with E-state index >= 15 is 0 Å². The van der Waals surface area contributed by atoms with Gasteiger partial charge < -0.3 is 0 Å². The molecule has 15 heavy (non-hydrogen) atoms. The van der Waals surface area contributed by atoms with Crippen molar-refractivity contribution in [2.24, 2.45) is 4.99 Å². The summed E-state index contributed by atoms with van der Waals surface area (Å²) in [6.45, 7) is 0. The normalized spacial score (nSPS) is 21.9. The molecule has 2 heteroatoms. The lowest BCUT2D eigenvalue weighted by Gasteiger charge is -2.31. The summed E-state index contributed by atoms with van der Waals surface area (Å²) in [6.07, 6.45) is 8.26. The summed E-state index contributed by atoms with van der Waals surface area (Å²) in [5, 5.41) is 0. The zero-order valence-corrected chi connectivity index (χ0v) is 8.67. The van der Waals surface area contributed by atoms with Gasteiger partial charge in [-0.2, -0.15) is 0 Å². The molecule has 1 aromatic carbocycles. The lowest BCUT2D eigenvalue weighted by Crippen LogP contribution is -2.28. The number of benzene rings is 1. The maximum absolute atomic E-state index is 13.0. The van der Waals surface area contributed by atoms with Crippen molar-refractivity contribution in [1.29, 1.82) is 0 Å². The third-order valence-electron chi connectivity index (χ3n) is 3.69. The Bertz CT molecular complexity index is 417. The molecule has 3 rings (SSSR count). The highest BCUT2D eigenvalue weighted by Crippen LogP contribution is 2.46. The van der Waals surface area contributed by atoms with Crippen LogP contribution in [0.4, 0.5) is 10.1 Å². The molecule has 1 aliphatic heterocycles. The molecule has 1 saturated carbocycles. The molecule has 0 N–H and O–H groups in total. The van der Waals surface area contributed by atoms with E-state index in [4.69, 9.17) is 0 Å². The zero-order chi connectivity index (χ0) is 10.3. The minimum atomic E-state index is -0.182. The van der Waals surface area contributed by atoms with Gasteiger partial charge in [-0.15, -0.1) is 0 Å². The largest absolute Gasteiger partial charge is 0.260 e. The van der Waals surface area contributed by atoms with Crippen LogP contribution < -0.4 is 0 Å². The van der Waals surface area contributed by atoms with Crippen LogP contribution in [0.5, 0.6) is 0 Å². The van der Waals surface area contributed by atoms with E-state index in [1.165, 1.54) is 37.7 Å². The van der Waals surface area contributed by atoms with Crippen molar-refractivity contribution in [1.82, 2.24) is 0 Å². The summed E-state index contributed by atoms with van der Waals surface area (Å²) in [7, 11) is 0. The highest BCUT2D eigenvalue weighted by Gasteiger charge is 2.37. The zero-order valence-electron chi connectivity index (χ0n) is 8.67. The maximum atomic E-state index is 13.0. The minimum Gasteiger partial charge on any atom is -0.260 e. The third kappa shape index (κ3) is 1.31. The Morgan fingerprint density at radius 3 is 2.73 bits per heavy atom. The van der Waals surface area contributed by atoms with E-state index in [9.17, 15) is 4.39 Å². The van der Waals surface area contributed by atoms with Crippen LogP contribution in [0.1, 0.15) is 37.7 Å². The van der Waals surface area contributed by atoms with Crippen LogP contribution in [0.3, 0.4) is 0 Å². The molecule has 78 valence electrons. The molecule has 1 fully saturated rings. The van der Waals surface area contributed by atoms with Crippen molar-refractivity contribution >= 4 is 11.9 Å². The van der Waals surface area contributed by atoms with Gasteiger partial charge in [0.25, 0.3) is 0 Å². The first kappa shape index (κ1) is 9.08. The highest BCUT2D eigenvalue weighted by atomic mass is 19.1. The van der Waals surface area contributed by atoms with Gasteiger partial charge >= 0.3 is 0 Å². The van der Waals surface area contributed by atoms with Crippen molar-refractivity contribution in [2.45, 2.75) is 37.5 Å². The molecule has 1 nitrogen and oxygen atoms in total. The Kier molecular flexibility index (Phi) is 1.91. The van der Waals surface area contributed by atoms with Gasteiger partial charge in [-0.05, 0) is 30.5 Å². The van der Waals surface area contributed by atoms with Crippen molar-refractivity contribution in [3.63, 3.8) is 0 Å². The Balaban J connectivity index is 2.07. The molecule has 0 amide bonds. The lowest BCUT2D eigenvalue weighted by molar-refractivity contribution is 0.391. The summed E-state index contributed by atoms with van der Waals surface area (Å²) < 4.78 is 13.0. The summed E-state index contributed by atoms with van der Waals surface area (Å²) in [4.78, 5) is 4.37. The van der Waals surface area contributed by atoms with E-state index in [0.717, 1.165) is 5.69 Å². The second-order valence-electron chi connectivity index (χ2n) is 4.64. The molecular formula is C13H14FN. The first-order valence-corrected chi connectivity index (χ1v) is 5.65. The second-order valence-corrected chi connectivity index (χ2v) is 4.64. The van der Waals surface area contributed by atoms with Crippen molar-refractivity contribution in [3.8, 4) is 0 Å². The molecule has 1 aromatic rings. The highest BCUT2D eigenvalue weighted by molar-refractivity contribution is 5.85. The van der Waals surface area contributed by atoms with Crippen LogP contribution in [0.25, 0.3) is 0 Å². The van der Waals surface area contributed by atoms with Gasteiger partial charge in [0.2, 0.25) is 0 Å². The molecular weight excluding hydrogens is 189 g/mol. The lowest BCUT2D eigenvalue weighted by atomic mass is 9.71. The standard InChI is InChI=1S/C13H14FN/c14-10-4-5-11-12(8-10)15-9-13(11)6-2-1-3-7-13/h4-5,8-9H,1-3,6-7H2. The number of hydrogen-bond donors (Lipinski definition) is 0. The number of fused-ring (bicyclic) bond motifs is 2. The van der Waals surface area contributed by atoms with Gasteiger partial charge in [0, 0.05) is 11.6 Å². The molecule has 0 bridgehead atoms. The molecule has 1 heterocycles. The molecule has 1 aliphatic carbocycles. The van der Waals surface area contributed by atoms with Crippen molar-refractivity contribution < 1.29 is 4.39 Å². The van der Waals surface area contributed by atoms with Crippen LogP contribution in [0.15, 0.2) is 23.2 Å². The Hall–Kier alpha value is -1.18. The monoisotopic (exact) mass is 203 g/mol. The Morgan fingerprint density at radius 1 is 1.13 bits per heavy atom. The van der Waals surface area contributed by atoms with E-state index < -0.39 is 0 Å². The third-order valence-corrected chi connectivity index (χ3v) is 3.69. The number of nitrogens with zero attached hydrogens (tertiary/aromatic N) is 1. The van der Waals surface area contributed by atoms with Gasteiger partial charge in [-0.1, -0.05) is 25.3 Å². The van der Waals surface area contributed by atoms with Crippen molar-refractivity contribution in [2.75, 3.05) is 0 Å². The molecule has 0 saturated heterocycles. The van der Waals surface area contributed by atoms with Crippen LogP contribution >= 0.6 is 0 Å². The molecule has 0 radical (unpaired) electrons. The molecule has 0 unspecified atom stereocenters. The van der Waals surface area contributed by atoms with E-state index in [0.29, 0.717) is 0 Å². The van der Waals surface area contributed by atoms with Gasteiger partial charge in [0.15, 0.2) is 0 Å². The summed E-state index contributed by atoms with van der Waals surface area (Å²) in [5.41, 5.74) is 2.22. The number of rotatable bonds is 0. The van der Waals surface area contributed by atoms with E-state index in [1.807, 2.05) is 6.07 Å². The average molecular weight is 203 g/mol. The maximum Gasteiger partial charge on any atom is 0.125 e. The fourth-order valence-electron chi connectivity index (χ4n) is 2.88. The fraction of sp³-hybridized carbons (Fsp3) is 0.462. The SMILES string of the molecule is Fc1ccc2c(c1)N=CC21CCCCC1. The minimum absolute atomic E-state index is 0.140. The van der Waals surface area contributed by atoms with Gasteiger partial charge in [0.05, 0.1) is 5.69 Å². The van der Waals surface area contributed by atoms with Gasteiger partial charge in [-0.3, -0.25) is 4.99 Å². The predicted octanol–water partition coefficient (Wildman–Crippen LogP) is 3.74. The molecule has 2 aliphatic rings. The van der Waals surface area contributed by atoms with Crippen LogP contribution in [0, 0.1) is 5.82 Å². The van der Waals surface area contributed by atoms with E-state index in [2.05, 4.69) is 11.2 Å². The van der Waals surface area contributed by atoms with E-state index in [1.54, 1.807) is 12.1 Å². The second kappa shape index (κ2) is 3.16. The number of halogens is 1. The average Bonchev–Trinajstić information content (AvgIpc) is 2.58. The first-order chi connectivity index (χ1) is 7.30. The predicted molar refractivity (Wildman–Crippen MR) is 59.3 cm³/mol. The Morgan fingerprint density at radius 2 is 1.93 bits per heavy atom. The molecule has 0 atom stereocenters. The van der Waals surface area contributed by atoms with Crippen LogP contribution in [-0.4, -0.2) is 6.21 Å². The van der Waals surface area contributed by atoms with Crippen LogP contribution in [0.2, 0.25) is 0 Å². The smallest absolute Gasteiger partial charge is 0.125 e. The number of aliphatic imine (C=N–C) groups is 1. The first-order valence-electron chi connectivity index (χ1n) is 5.65.